The maximum atomic E-state index is 14.2. The van der Waals surface area contributed by atoms with E-state index in [0.29, 0.717) is 21.5 Å². The van der Waals surface area contributed by atoms with Crippen molar-refractivity contribution in [1.29, 1.82) is 0 Å². The molecule has 0 amide bonds. The van der Waals surface area contributed by atoms with E-state index in [1.807, 2.05) is 0 Å². The lowest BCUT2D eigenvalue weighted by Crippen LogP contribution is -2.06. The molecule has 0 aromatic heterocycles. The van der Waals surface area contributed by atoms with Gasteiger partial charge in [0.1, 0.15) is 17.1 Å². The Morgan fingerprint density at radius 1 is 1.10 bits per heavy atom. The Morgan fingerprint density at radius 3 is 2.48 bits per heavy atom. The number of aromatic hydroxyl groups is 1. The number of phenolic OH excluding ortho intramolecular Hbond substituents is 1. The molecule has 3 aromatic carbocycles. The third kappa shape index (κ3) is 2.00. The molecule has 0 atom stereocenters. The highest BCUT2D eigenvalue weighted by atomic mass is 19.1. The summed E-state index contributed by atoms with van der Waals surface area (Å²) < 4.78 is 19.2. The molecule has 4 heteroatoms. The van der Waals surface area contributed by atoms with Gasteiger partial charge in [-0.1, -0.05) is 36.4 Å². The van der Waals surface area contributed by atoms with Gasteiger partial charge < -0.3 is 9.84 Å². The lowest BCUT2D eigenvalue weighted by Gasteiger charge is -2.13. The molecule has 1 N–H and O–H groups in total. The van der Waals surface area contributed by atoms with Crippen molar-refractivity contribution in [2.75, 3.05) is 6.61 Å². The van der Waals surface area contributed by atoms with Crippen LogP contribution in [0.1, 0.15) is 17.3 Å². The van der Waals surface area contributed by atoms with Gasteiger partial charge in [0, 0.05) is 16.2 Å². The molecule has 3 aromatic rings. The smallest absolute Gasteiger partial charge is 0.342 e. The van der Waals surface area contributed by atoms with Crippen LogP contribution in [0.5, 0.6) is 5.75 Å². The van der Waals surface area contributed by atoms with Gasteiger partial charge >= 0.3 is 5.97 Å². The van der Waals surface area contributed by atoms with Crippen LogP contribution in [0.3, 0.4) is 0 Å². The average molecular weight is 284 g/mol. The zero-order valence-corrected chi connectivity index (χ0v) is 11.4. The molecule has 0 radical (unpaired) electrons. The van der Waals surface area contributed by atoms with Crippen LogP contribution in [0.15, 0.2) is 42.5 Å². The number of hydrogen-bond acceptors (Lipinski definition) is 3. The topological polar surface area (TPSA) is 46.5 Å². The van der Waals surface area contributed by atoms with E-state index < -0.39 is 11.8 Å². The molecule has 3 nitrogen and oxygen atoms in total. The second-order valence-corrected chi connectivity index (χ2v) is 4.65. The summed E-state index contributed by atoms with van der Waals surface area (Å²) in [6, 6.07) is 11.3. The molecule has 106 valence electrons. The van der Waals surface area contributed by atoms with Crippen molar-refractivity contribution >= 4 is 27.5 Å². The Bertz CT molecular complexity index is 855. The fraction of sp³-hybridized carbons (Fsp3) is 0.118. The van der Waals surface area contributed by atoms with Crippen LogP contribution in [0.4, 0.5) is 4.39 Å². The number of rotatable bonds is 2. The predicted molar refractivity (Wildman–Crippen MR) is 79.0 cm³/mol. The minimum Gasteiger partial charge on any atom is -0.506 e. The summed E-state index contributed by atoms with van der Waals surface area (Å²) in [5.41, 5.74) is 0.00468. The van der Waals surface area contributed by atoms with E-state index in [1.54, 1.807) is 37.3 Å². The summed E-state index contributed by atoms with van der Waals surface area (Å²) in [7, 11) is 0. The average Bonchev–Trinajstić information content (AvgIpc) is 2.48. The molecule has 0 aliphatic carbocycles. The number of benzene rings is 3. The summed E-state index contributed by atoms with van der Waals surface area (Å²) in [5.74, 6) is -1.27. The van der Waals surface area contributed by atoms with E-state index in [1.165, 1.54) is 12.1 Å². The fourth-order valence-corrected chi connectivity index (χ4v) is 2.59. The zero-order chi connectivity index (χ0) is 15.0. The van der Waals surface area contributed by atoms with Crippen molar-refractivity contribution in [2.24, 2.45) is 0 Å². The molecule has 3 rings (SSSR count). The maximum Gasteiger partial charge on any atom is 0.342 e. The SMILES string of the molecule is CCOC(=O)c1c(O)c2ccccc2c2c(F)cccc12. The summed E-state index contributed by atoms with van der Waals surface area (Å²) in [4.78, 5) is 12.1. The standard InChI is InChI=1S/C17H13FO3/c1-2-21-17(20)15-12-8-5-9-13(18)14(12)10-6-3-4-7-11(10)16(15)19/h3-9,19H,2H2,1H3. The molecule has 0 spiro atoms. The largest absolute Gasteiger partial charge is 0.506 e. The lowest BCUT2D eigenvalue weighted by atomic mass is 9.95. The number of ether oxygens (including phenoxy) is 1. The van der Waals surface area contributed by atoms with Crippen molar-refractivity contribution in [2.45, 2.75) is 6.92 Å². The molecular weight excluding hydrogens is 271 g/mol. The fourth-order valence-electron chi connectivity index (χ4n) is 2.59. The normalized spacial score (nSPS) is 11.0. The Kier molecular flexibility index (Phi) is 3.22. The number of fused-ring (bicyclic) bond motifs is 3. The van der Waals surface area contributed by atoms with Gasteiger partial charge in [-0.05, 0) is 18.4 Å². The first-order chi connectivity index (χ1) is 10.1. The Morgan fingerprint density at radius 2 is 1.76 bits per heavy atom. The highest BCUT2D eigenvalue weighted by Crippen LogP contribution is 2.38. The molecule has 0 bridgehead atoms. The first-order valence-electron chi connectivity index (χ1n) is 6.64. The lowest BCUT2D eigenvalue weighted by molar-refractivity contribution is 0.0526. The molecule has 0 unspecified atom stereocenters. The summed E-state index contributed by atoms with van der Waals surface area (Å²) in [6.45, 7) is 1.86. The van der Waals surface area contributed by atoms with Gasteiger partial charge in [-0.3, -0.25) is 0 Å². The van der Waals surface area contributed by atoms with E-state index in [9.17, 15) is 14.3 Å². The van der Waals surface area contributed by atoms with Gasteiger partial charge in [0.15, 0.2) is 0 Å². The molecular formula is C17H13FO3. The molecule has 0 aliphatic heterocycles. The van der Waals surface area contributed by atoms with Gasteiger partial charge in [-0.15, -0.1) is 0 Å². The van der Waals surface area contributed by atoms with Crippen molar-refractivity contribution in [3.63, 3.8) is 0 Å². The Hall–Kier alpha value is -2.62. The highest BCUT2D eigenvalue weighted by Gasteiger charge is 2.21. The highest BCUT2D eigenvalue weighted by molar-refractivity contribution is 6.19. The molecule has 0 fully saturated rings. The van der Waals surface area contributed by atoms with E-state index in [0.717, 1.165) is 0 Å². The van der Waals surface area contributed by atoms with Crippen molar-refractivity contribution < 1.29 is 19.0 Å². The minimum absolute atomic E-state index is 0.00468. The number of carbonyl (C=O) groups is 1. The Balaban J connectivity index is 2.53. The van der Waals surface area contributed by atoms with Crippen molar-refractivity contribution in [3.05, 3.63) is 53.8 Å². The van der Waals surface area contributed by atoms with E-state index in [4.69, 9.17) is 4.74 Å². The number of hydrogen-bond donors (Lipinski definition) is 1. The minimum atomic E-state index is -0.656. The number of halogens is 1. The van der Waals surface area contributed by atoms with Crippen LogP contribution in [-0.4, -0.2) is 17.7 Å². The zero-order valence-electron chi connectivity index (χ0n) is 11.4. The van der Waals surface area contributed by atoms with E-state index in [-0.39, 0.29) is 17.9 Å². The van der Waals surface area contributed by atoms with Crippen LogP contribution in [0, 0.1) is 5.82 Å². The van der Waals surface area contributed by atoms with Crippen LogP contribution in [0.2, 0.25) is 0 Å². The summed E-state index contributed by atoms with van der Waals surface area (Å²) in [5, 5.41) is 12.1. The quantitative estimate of drug-likeness (QED) is 0.571. The van der Waals surface area contributed by atoms with Gasteiger partial charge in [0.2, 0.25) is 0 Å². The second kappa shape index (κ2) is 5.05. The van der Waals surface area contributed by atoms with Crippen molar-refractivity contribution in [3.8, 4) is 5.75 Å². The predicted octanol–water partition coefficient (Wildman–Crippen LogP) is 4.01. The summed E-state index contributed by atoms with van der Waals surface area (Å²) >= 11 is 0. The number of carbonyl (C=O) groups excluding carboxylic acids is 1. The maximum absolute atomic E-state index is 14.2. The second-order valence-electron chi connectivity index (χ2n) is 4.65. The first-order valence-corrected chi connectivity index (χ1v) is 6.64. The van der Waals surface area contributed by atoms with Crippen LogP contribution >= 0.6 is 0 Å². The monoisotopic (exact) mass is 284 g/mol. The molecule has 0 saturated heterocycles. The molecule has 0 aliphatic rings. The van der Waals surface area contributed by atoms with Gasteiger partial charge in [0.25, 0.3) is 0 Å². The molecule has 21 heavy (non-hydrogen) atoms. The molecule has 0 saturated carbocycles. The third-order valence-electron chi connectivity index (χ3n) is 3.45. The molecule has 0 heterocycles. The van der Waals surface area contributed by atoms with Crippen LogP contribution < -0.4 is 0 Å². The van der Waals surface area contributed by atoms with Gasteiger partial charge in [-0.25, -0.2) is 9.18 Å². The van der Waals surface area contributed by atoms with Crippen molar-refractivity contribution in [1.82, 2.24) is 0 Å². The Labute approximate surface area is 120 Å². The first kappa shape index (κ1) is 13.4. The van der Waals surface area contributed by atoms with Gasteiger partial charge in [0.05, 0.1) is 6.61 Å². The van der Waals surface area contributed by atoms with Crippen LogP contribution in [0.25, 0.3) is 21.5 Å². The van der Waals surface area contributed by atoms with Gasteiger partial charge in [-0.2, -0.15) is 0 Å². The van der Waals surface area contributed by atoms with E-state index >= 15 is 0 Å². The van der Waals surface area contributed by atoms with E-state index in [2.05, 4.69) is 0 Å². The number of esters is 1. The van der Waals surface area contributed by atoms with Crippen LogP contribution in [-0.2, 0) is 4.74 Å². The number of phenols is 1. The third-order valence-corrected chi connectivity index (χ3v) is 3.45. The summed E-state index contributed by atoms with van der Waals surface area (Å²) in [6.07, 6.45) is 0.